The number of ether oxygens (including phenoxy) is 1. The highest BCUT2D eigenvalue weighted by molar-refractivity contribution is 5.77. The van der Waals surface area contributed by atoms with E-state index in [1.54, 1.807) is 12.1 Å². The van der Waals surface area contributed by atoms with Crippen LogP contribution in [0.3, 0.4) is 0 Å². The fourth-order valence-corrected chi connectivity index (χ4v) is 1.97. The number of rotatable bonds is 4. The lowest BCUT2D eigenvalue weighted by molar-refractivity contribution is -0.134. The normalized spacial score (nSPS) is 15.5. The molecule has 5 heteroatoms. The number of aliphatic hydroxyl groups excluding tert-OH is 1. The van der Waals surface area contributed by atoms with Crippen LogP contribution in [0, 0.1) is 0 Å². The highest BCUT2D eigenvalue weighted by Crippen LogP contribution is 2.11. The lowest BCUT2D eigenvalue weighted by Crippen LogP contribution is -2.38. The number of aliphatic hydroxyl groups is 1. The summed E-state index contributed by atoms with van der Waals surface area (Å²) in [7, 11) is 0. The molecular formula is C13H18N2O3. The average molecular weight is 250 g/mol. The summed E-state index contributed by atoms with van der Waals surface area (Å²) < 4.78 is 5.39. The van der Waals surface area contributed by atoms with E-state index in [4.69, 9.17) is 9.84 Å². The maximum absolute atomic E-state index is 11.8. The van der Waals surface area contributed by atoms with Gasteiger partial charge in [0, 0.05) is 13.1 Å². The van der Waals surface area contributed by atoms with E-state index in [9.17, 15) is 4.79 Å². The predicted molar refractivity (Wildman–Crippen MR) is 66.1 cm³/mol. The first-order chi connectivity index (χ1) is 8.79. The van der Waals surface area contributed by atoms with Crippen molar-refractivity contribution in [3.05, 3.63) is 24.0 Å². The van der Waals surface area contributed by atoms with Gasteiger partial charge in [0.25, 0.3) is 5.91 Å². The van der Waals surface area contributed by atoms with Gasteiger partial charge in [0.15, 0.2) is 6.61 Å². The number of likely N-dealkylation sites (tertiary alicyclic amines) is 1. The average Bonchev–Trinajstić information content (AvgIpc) is 2.46. The molecule has 18 heavy (non-hydrogen) atoms. The van der Waals surface area contributed by atoms with Gasteiger partial charge >= 0.3 is 0 Å². The summed E-state index contributed by atoms with van der Waals surface area (Å²) in [6.45, 7) is 1.64. The number of hydrogen-bond donors (Lipinski definition) is 1. The standard InChI is InChI=1S/C13H18N2O3/c16-9-11-4-5-12(8-14-11)18-10-13(17)15-6-2-1-3-7-15/h4-5,8,16H,1-3,6-7,9-10H2. The molecule has 1 N–H and O–H groups in total. The molecule has 0 saturated carbocycles. The molecule has 1 aliphatic rings. The van der Waals surface area contributed by atoms with Crippen LogP contribution in [0.15, 0.2) is 18.3 Å². The molecule has 0 unspecified atom stereocenters. The van der Waals surface area contributed by atoms with Crippen LogP contribution in [0.4, 0.5) is 0 Å². The van der Waals surface area contributed by atoms with Crippen LogP contribution >= 0.6 is 0 Å². The SMILES string of the molecule is O=C(COc1ccc(CO)nc1)N1CCCCC1. The van der Waals surface area contributed by atoms with Gasteiger partial charge in [0.05, 0.1) is 18.5 Å². The second kappa shape index (κ2) is 6.35. The van der Waals surface area contributed by atoms with Crippen LogP contribution in [0.25, 0.3) is 0 Å². The van der Waals surface area contributed by atoms with Crippen LogP contribution in [-0.4, -0.2) is 40.6 Å². The molecule has 1 aromatic heterocycles. The predicted octanol–water partition coefficient (Wildman–Crippen LogP) is 0.965. The Bertz CT molecular complexity index is 386. The Balaban J connectivity index is 1.80. The minimum atomic E-state index is -0.0903. The van der Waals surface area contributed by atoms with E-state index < -0.39 is 0 Å². The van der Waals surface area contributed by atoms with E-state index in [2.05, 4.69) is 4.98 Å². The van der Waals surface area contributed by atoms with Crippen molar-refractivity contribution in [2.45, 2.75) is 25.9 Å². The fourth-order valence-electron chi connectivity index (χ4n) is 1.97. The van der Waals surface area contributed by atoms with Crippen molar-refractivity contribution >= 4 is 5.91 Å². The summed E-state index contributed by atoms with van der Waals surface area (Å²) in [4.78, 5) is 17.7. The molecule has 2 rings (SSSR count). The largest absolute Gasteiger partial charge is 0.482 e. The van der Waals surface area contributed by atoms with Gasteiger partial charge in [-0.1, -0.05) is 0 Å². The van der Waals surface area contributed by atoms with Crippen molar-refractivity contribution in [3.63, 3.8) is 0 Å². The van der Waals surface area contributed by atoms with Crippen molar-refractivity contribution in [2.24, 2.45) is 0 Å². The Morgan fingerprint density at radius 3 is 2.72 bits per heavy atom. The van der Waals surface area contributed by atoms with E-state index in [1.807, 2.05) is 4.90 Å². The second-order valence-electron chi connectivity index (χ2n) is 4.37. The smallest absolute Gasteiger partial charge is 0.260 e. The topological polar surface area (TPSA) is 62.7 Å². The third kappa shape index (κ3) is 3.43. The molecule has 2 heterocycles. The third-order valence-corrected chi connectivity index (χ3v) is 3.03. The highest BCUT2D eigenvalue weighted by atomic mass is 16.5. The van der Waals surface area contributed by atoms with Gasteiger partial charge < -0.3 is 14.7 Å². The number of carbonyl (C=O) groups excluding carboxylic acids is 1. The summed E-state index contributed by atoms with van der Waals surface area (Å²) in [6, 6.07) is 3.39. The fraction of sp³-hybridized carbons (Fsp3) is 0.538. The first-order valence-electron chi connectivity index (χ1n) is 6.26. The molecule has 0 bridgehead atoms. The molecule has 0 aliphatic carbocycles. The number of piperidine rings is 1. The van der Waals surface area contributed by atoms with Crippen LogP contribution in [0.5, 0.6) is 5.75 Å². The molecule has 1 amide bonds. The third-order valence-electron chi connectivity index (χ3n) is 3.03. The lowest BCUT2D eigenvalue weighted by Gasteiger charge is -2.26. The van der Waals surface area contributed by atoms with Crippen LogP contribution < -0.4 is 4.74 Å². The molecule has 0 spiro atoms. The first kappa shape index (κ1) is 12.8. The van der Waals surface area contributed by atoms with Crippen LogP contribution in [0.1, 0.15) is 25.0 Å². The Labute approximate surface area is 106 Å². The van der Waals surface area contributed by atoms with Crippen molar-refractivity contribution in [1.82, 2.24) is 9.88 Å². The number of aromatic nitrogens is 1. The lowest BCUT2D eigenvalue weighted by atomic mass is 10.1. The molecule has 98 valence electrons. The first-order valence-corrected chi connectivity index (χ1v) is 6.26. The van der Waals surface area contributed by atoms with Crippen molar-refractivity contribution in [1.29, 1.82) is 0 Å². The number of nitrogens with zero attached hydrogens (tertiary/aromatic N) is 2. The monoisotopic (exact) mass is 250 g/mol. The Hall–Kier alpha value is -1.62. The van der Waals surface area contributed by atoms with E-state index in [0.29, 0.717) is 11.4 Å². The van der Waals surface area contributed by atoms with Crippen molar-refractivity contribution in [2.75, 3.05) is 19.7 Å². The van der Waals surface area contributed by atoms with Gasteiger partial charge in [-0.15, -0.1) is 0 Å². The molecular weight excluding hydrogens is 232 g/mol. The molecule has 5 nitrogen and oxygen atoms in total. The molecule has 1 fully saturated rings. The van der Waals surface area contributed by atoms with E-state index in [-0.39, 0.29) is 19.1 Å². The zero-order valence-electron chi connectivity index (χ0n) is 10.3. The Morgan fingerprint density at radius 1 is 1.33 bits per heavy atom. The Morgan fingerprint density at radius 2 is 2.11 bits per heavy atom. The summed E-state index contributed by atoms with van der Waals surface area (Å²) in [5.74, 6) is 0.582. The van der Waals surface area contributed by atoms with Crippen LogP contribution in [-0.2, 0) is 11.4 Å². The van der Waals surface area contributed by atoms with Gasteiger partial charge in [0.1, 0.15) is 5.75 Å². The number of carbonyl (C=O) groups is 1. The summed E-state index contributed by atoms with van der Waals surface area (Å²) >= 11 is 0. The number of pyridine rings is 1. The minimum Gasteiger partial charge on any atom is -0.482 e. The Kier molecular flexibility index (Phi) is 4.52. The van der Waals surface area contributed by atoms with Crippen LogP contribution in [0.2, 0.25) is 0 Å². The van der Waals surface area contributed by atoms with Gasteiger partial charge in [-0.2, -0.15) is 0 Å². The quantitative estimate of drug-likeness (QED) is 0.864. The molecule has 1 saturated heterocycles. The van der Waals surface area contributed by atoms with Gasteiger partial charge in [-0.05, 0) is 31.4 Å². The zero-order valence-corrected chi connectivity index (χ0v) is 10.3. The van der Waals surface area contributed by atoms with Gasteiger partial charge in [-0.25, -0.2) is 0 Å². The van der Waals surface area contributed by atoms with Gasteiger partial charge in [-0.3, -0.25) is 9.78 Å². The van der Waals surface area contributed by atoms with E-state index in [1.165, 1.54) is 12.6 Å². The molecule has 0 atom stereocenters. The summed E-state index contributed by atoms with van der Waals surface area (Å²) in [6.07, 6.45) is 4.89. The number of amides is 1. The van der Waals surface area contributed by atoms with E-state index in [0.717, 1.165) is 25.9 Å². The minimum absolute atomic E-state index is 0.0286. The molecule has 0 aromatic carbocycles. The molecule has 1 aromatic rings. The maximum atomic E-state index is 11.8. The van der Waals surface area contributed by atoms with Crippen molar-refractivity contribution in [3.8, 4) is 5.75 Å². The zero-order chi connectivity index (χ0) is 12.8. The summed E-state index contributed by atoms with van der Waals surface area (Å²) in [5.41, 5.74) is 0.588. The van der Waals surface area contributed by atoms with E-state index >= 15 is 0 Å². The van der Waals surface area contributed by atoms with Crippen molar-refractivity contribution < 1.29 is 14.6 Å². The summed E-state index contributed by atoms with van der Waals surface area (Å²) in [5, 5.41) is 8.85. The highest BCUT2D eigenvalue weighted by Gasteiger charge is 2.16. The molecule has 1 aliphatic heterocycles. The second-order valence-corrected chi connectivity index (χ2v) is 4.37. The number of hydrogen-bond acceptors (Lipinski definition) is 4. The molecule has 0 radical (unpaired) electrons. The maximum Gasteiger partial charge on any atom is 0.260 e. The van der Waals surface area contributed by atoms with Gasteiger partial charge in [0.2, 0.25) is 0 Å².